The van der Waals surface area contributed by atoms with E-state index in [-0.39, 0.29) is 6.10 Å². The van der Waals surface area contributed by atoms with Gasteiger partial charge < -0.3 is 4.74 Å². The molecule has 2 fully saturated rings. The first-order valence-electron chi connectivity index (χ1n) is 3.06. The van der Waals surface area contributed by atoms with E-state index in [0.29, 0.717) is 11.9 Å². The molecule has 0 unspecified atom stereocenters. The summed E-state index contributed by atoms with van der Waals surface area (Å²) in [5.41, 5.74) is 0. The minimum Gasteiger partial charge on any atom is -0.361 e. The SMILES string of the molecule is O=C1CCC[C@H]2O[C@H]12. The molecule has 0 N–H and O–H groups in total. The van der Waals surface area contributed by atoms with Gasteiger partial charge in [-0.25, -0.2) is 0 Å². The van der Waals surface area contributed by atoms with Crippen molar-refractivity contribution in [2.45, 2.75) is 31.5 Å². The van der Waals surface area contributed by atoms with Crippen molar-refractivity contribution in [2.75, 3.05) is 0 Å². The molecular weight excluding hydrogens is 104 g/mol. The van der Waals surface area contributed by atoms with E-state index in [1.165, 1.54) is 0 Å². The summed E-state index contributed by atoms with van der Waals surface area (Å²) in [5, 5.41) is 0. The topological polar surface area (TPSA) is 29.6 Å². The van der Waals surface area contributed by atoms with Gasteiger partial charge in [-0.1, -0.05) is 0 Å². The first-order valence-corrected chi connectivity index (χ1v) is 3.06. The summed E-state index contributed by atoms with van der Waals surface area (Å²) in [4.78, 5) is 10.7. The fraction of sp³-hybridized carbons (Fsp3) is 0.833. The second kappa shape index (κ2) is 1.32. The molecule has 0 bridgehead atoms. The minimum absolute atomic E-state index is 0.0312. The molecule has 1 saturated carbocycles. The molecule has 1 aliphatic heterocycles. The van der Waals surface area contributed by atoms with Crippen LogP contribution in [0.5, 0.6) is 0 Å². The van der Waals surface area contributed by atoms with Gasteiger partial charge in [0.25, 0.3) is 0 Å². The Kier molecular flexibility index (Phi) is 0.742. The van der Waals surface area contributed by atoms with E-state index in [9.17, 15) is 4.79 Å². The second-order valence-corrected chi connectivity index (χ2v) is 2.45. The smallest absolute Gasteiger partial charge is 0.164 e. The number of fused-ring (bicyclic) bond motifs is 1. The van der Waals surface area contributed by atoms with Crippen LogP contribution < -0.4 is 0 Å². The number of Topliss-reactive ketones (excluding diaryl/α,β-unsaturated/α-hetero) is 1. The molecule has 0 aromatic carbocycles. The van der Waals surface area contributed by atoms with Crippen molar-refractivity contribution in [1.82, 2.24) is 0 Å². The van der Waals surface area contributed by atoms with Crippen LogP contribution in [0.25, 0.3) is 0 Å². The van der Waals surface area contributed by atoms with Gasteiger partial charge in [-0.15, -0.1) is 0 Å². The highest BCUT2D eigenvalue weighted by Gasteiger charge is 2.46. The van der Waals surface area contributed by atoms with Crippen molar-refractivity contribution >= 4 is 5.78 Å². The number of carbonyl (C=O) groups is 1. The third-order valence-electron chi connectivity index (χ3n) is 1.81. The molecular formula is C6H8O2. The third kappa shape index (κ3) is 0.494. The summed E-state index contributed by atoms with van der Waals surface area (Å²) in [7, 11) is 0. The Balaban J connectivity index is 2.08. The van der Waals surface area contributed by atoms with Crippen molar-refractivity contribution < 1.29 is 9.53 Å². The first-order chi connectivity index (χ1) is 3.88. The van der Waals surface area contributed by atoms with Crippen LogP contribution in [0.4, 0.5) is 0 Å². The number of hydrogen-bond acceptors (Lipinski definition) is 2. The monoisotopic (exact) mass is 112 g/mol. The quantitative estimate of drug-likeness (QED) is 0.427. The molecule has 0 radical (unpaired) electrons. The van der Waals surface area contributed by atoms with Gasteiger partial charge >= 0.3 is 0 Å². The number of epoxide rings is 1. The van der Waals surface area contributed by atoms with Crippen LogP contribution in [0.2, 0.25) is 0 Å². The maximum atomic E-state index is 10.7. The molecule has 2 heteroatoms. The normalized spacial score (nSPS) is 43.8. The van der Waals surface area contributed by atoms with E-state index in [0.717, 1.165) is 19.3 Å². The lowest BCUT2D eigenvalue weighted by Gasteiger charge is -2.00. The Bertz CT molecular complexity index is 130. The Labute approximate surface area is 47.8 Å². The molecule has 8 heavy (non-hydrogen) atoms. The second-order valence-electron chi connectivity index (χ2n) is 2.45. The molecule has 0 aromatic rings. The van der Waals surface area contributed by atoms with E-state index in [1.807, 2.05) is 0 Å². The summed E-state index contributed by atoms with van der Waals surface area (Å²) in [6.45, 7) is 0. The largest absolute Gasteiger partial charge is 0.361 e. The number of hydrogen-bond donors (Lipinski definition) is 0. The zero-order valence-electron chi connectivity index (χ0n) is 4.59. The highest BCUT2D eigenvalue weighted by atomic mass is 16.6. The van der Waals surface area contributed by atoms with Crippen LogP contribution in [-0.2, 0) is 9.53 Å². The summed E-state index contributed by atoms with van der Waals surface area (Å²) >= 11 is 0. The van der Waals surface area contributed by atoms with Crippen LogP contribution in [-0.4, -0.2) is 18.0 Å². The average molecular weight is 112 g/mol. The molecule has 1 aliphatic carbocycles. The maximum absolute atomic E-state index is 10.7. The van der Waals surface area contributed by atoms with Crippen LogP contribution in [0, 0.1) is 0 Å². The molecule has 0 amide bonds. The Hall–Kier alpha value is -0.370. The van der Waals surface area contributed by atoms with Gasteiger partial charge in [-0.2, -0.15) is 0 Å². The Morgan fingerprint density at radius 3 is 3.12 bits per heavy atom. The summed E-state index contributed by atoms with van der Waals surface area (Å²) in [6, 6.07) is 0. The number of rotatable bonds is 0. The van der Waals surface area contributed by atoms with Crippen molar-refractivity contribution in [3.8, 4) is 0 Å². The predicted octanol–water partition coefficient (Wildman–Crippen LogP) is 0.507. The molecule has 1 heterocycles. The van der Waals surface area contributed by atoms with Gasteiger partial charge in [0.15, 0.2) is 5.78 Å². The number of ketones is 1. The molecule has 2 atom stereocenters. The third-order valence-corrected chi connectivity index (χ3v) is 1.81. The van der Waals surface area contributed by atoms with Crippen LogP contribution >= 0.6 is 0 Å². The predicted molar refractivity (Wildman–Crippen MR) is 27.5 cm³/mol. The lowest BCUT2D eigenvalue weighted by molar-refractivity contribution is -0.120. The van der Waals surface area contributed by atoms with Crippen molar-refractivity contribution in [3.63, 3.8) is 0 Å². The molecule has 0 spiro atoms. The number of carbonyl (C=O) groups excluding carboxylic acids is 1. The molecule has 44 valence electrons. The standard InChI is InChI=1S/C6H8O2/c7-4-2-1-3-5-6(4)8-5/h5-6H,1-3H2/t5-,6-/m1/s1. The van der Waals surface area contributed by atoms with Crippen LogP contribution in [0.3, 0.4) is 0 Å². The molecule has 2 rings (SSSR count). The van der Waals surface area contributed by atoms with Gasteiger partial charge in [0.2, 0.25) is 0 Å². The Morgan fingerprint density at radius 1 is 1.62 bits per heavy atom. The summed E-state index contributed by atoms with van der Waals surface area (Å²) in [5.74, 6) is 0.321. The van der Waals surface area contributed by atoms with E-state index in [1.54, 1.807) is 0 Å². The molecule has 1 saturated heterocycles. The molecule has 0 aromatic heterocycles. The van der Waals surface area contributed by atoms with Gasteiger partial charge in [0.05, 0.1) is 6.10 Å². The van der Waals surface area contributed by atoms with Crippen molar-refractivity contribution in [2.24, 2.45) is 0 Å². The number of ether oxygens (including phenoxy) is 1. The van der Waals surface area contributed by atoms with E-state index in [4.69, 9.17) is 4.74 Å². The Morgan fingerprint density at radius 2 is 2.50 bits per heavy atom. The van der Waals surface area contributed by atoms with Crippen LogP contribution in [0.15, 0.2) is 0 Å². The maximum Gasteiger partial charge on any atom is 0.164 e. The van der Waals surface area contributed by atoms with Gasteiger partial charge in [-0.3, -0.25) is 4.79 Å². The van der Waals surface area contributed by atoms with Crippen molar-refractivity contribution in [3.05, 3.63) is 0 Å². The van der Waals surface area contributed by atoms with Gasteiger partial charge in [0, 0.05) is 6.42 Å². The fourth-order valence-corrected chi connectivity index (χ4v) is 1.27. The summed E-state index contributed by atoms with van der Waals surface area (Å²) in [6.07, 6.45) is 3.26. The minimum atomic E-state index is 0.0312. The first kappa shape index (κ1) is 4.50. The zero-order valence-corrected chi connectivity index (χ0v) is 4.59. The van der Waals surface area contributed by atoms with Crippen molar-refractivity contribution in [1.29, 1.82) is 0 Å². The molecule has 2 aliphatic rings. The highest BCUT2D eigenvalue weighted by Crippen LogP contribution is 2.33. The summed E-state index contributed by atoms with van der Waals surface area (Å²) < 4.78 is 5.04. The van der Waals surface area contributed by atoms with Gasteiger partial charge in [-0.05, 0) is 12.8 Å². The van der Waals surface area contributed by atoms with Gasteiger partial charge in [0.1, 0.15) is 6.10 Å². The zero-order chi connectivity index (χ0) is 5.56. The van der Waals surface area contributed by atoms with E-state index in [2.05, 4.69) is 0 Å². The lowest BCUT2D eigenvalue weighted by Crippen LogP contribution is -2.14. The lowest BCUT2D eigenvalue weighted by atomic mass is 10.00. The molecule has 2 nitrogen and oxygen atoms in total. The highest BCUT2D eigenvalue weighted by molar-refractivity contribution is 5.86. The van der Waals surface area contributed by atoms with Crippen LogP contribution in [0.1, 0.15) is 19.3 Å². The fourth-order valence-electron chi connectivity index (χ4n) is 1.27. The average Bonchev–Trinajstić information content (AvgIpc) is 2.45. The van der Waals surface area contributed by atoms with E-state index < -0.39 is 0 Å². The van der Waals surface area contributed by atoms with E-state index >= 15 is 0 Å².